The van der Waals surface area contributed by atoms with Crippen LogP contribution < -0.4 is 5.32 Å². The van der Waals surface area contributed by atoms with E-state index in [-0.39, 0.29) is 17.7 Å². The third-order valence-corrected chi connectivity index (χ3v) is 4.42. The Hall–Kier alpha value is -1.32. The van der Waals surface area contributed by atoms with E-state index in [4.69, 9.17) is 0 Å². The fourth-order valence-corrected chi connectivity index (χ4v) is 3.20. The third-order valence-electron chi connectivity index (χ3n) is 4.42. The summed E-state index contributed by atoms with van der Waals surface area (Å²) < 4.78 is 0. The van der Waals surface area contributed by atoms with Crippen LogP contribution in [0.4, 0.5) is 0 Å². The summed E-state index contributed by atoms with van der Waals surface area (Å²) in [4.78, 5) is 23.4. The lowest BCUT2D eigenvalue weighted by atomic mass is 9.73. The summed E-state index contributed by atoms with van der Waals surface area (Å²) in [5, 5.41) is 12.2. The van der Waals surface area contributed by atoms with Crippen molar-refractivity contribution in [2.75, 3.05) is 6.54 Å². The molecule has 1 fully saturated rings. The first-order valence-electron chi connectivity index (χ1n) is 6.09. The highest BCUT2D eigenvalue weighted by Gasteiger charge is 2.70. The molecule has 4 nitrogen and oxygen atoms in total. The number of amides is 1. The third kappa shape index (κ3) is 1.50. The predicted molar refractivity (Wildman–Crippen MR) is 63.3 cm³/mol. The molecule has 4 heteroatoms. The van der Waals surface area contributed by atoms with Crippen LogP contribution in [0.1, 0.15) is 27.2 Å². The van der Waals surface area contributed by atoms with Gasteiger partial charge in [0.1, 0.15) is 0 Å². The number of hydrogen-bond acceptors (Lipinski definition) is 2. The SMILES string of the molecule is CCNC(=O)[C@]1(C)C=CC2C(C)C2(C(=O)O)C1. The molecule has 1 saturated carbocycles. The van der Waals surface area contributed by atoms with Gasteiger partial charge >= 0.3 is 5.97 Å². The summed E-state index contributed by atoms with van der Waals surface area (Å²) in [6.07, 6.45) is 4.20. The van der Waals surface area contributed by atoms with Gasteiger partial charge in [0.25, 0.3) is 0 Å². The first-order valence-corrected chi connectivity index (χ1v) is 6.09. The number of allylic oxidation sites excluding steroid dienone is 1. The van der Waals surface area contributed by atoms with Gasteiger partial charge in [-0.2, -0.15) is 0 Å². The van der Waals surface area contributed by atoms with E-state index in [2.05, 4.69) is 5.32 Å². The molecule has 2 aliphatic carbocycles. The van der Waals surface area contributed by atoms with E-state index in [1.54, 1.807) is 0 Å². The number of aliphatic carboxylic acids is 1. The van der Waals surface area contributed by atoms with Gasteiger partial charge in [-0.05, 0) is 32.1 Å². The average Bonchev–Trinajstić information content (AvgIpc) is 2.85. The first-order chi connectivity index (χ1) is 7.88. The lowest BCUT2D eigenvalue weighted by Crippen LogP contribution is -2.42. The summed E-state index contributed by atoms with van der Waals surface area (Å²) in [7, 11) is 0. The van der Waals surface area contributed by atoms with E-state index in [9.17, 15) is 14.7 Å². The largest absolute Gasteiger partial charge is 0.481 e. The normalized spacial score (nSPS) is 42.8. The van der Waals surface area contributed by atoms with Gasteiger partial charge in [-0.3, -0.25) is 9.59 Å². The highest BCUT2D eigenvalue weighted by Crippen LogP contribution is 2.67. The lowest BCUT2D eigenvalue weighted by Gasteiger charge is -2.31. The highest BCUT2D eigenvalue weighted by molar-refractivity contribution is 5.88. The van der Waals surface area contributed by atoms with Crippen LogP contribution in [0.3, 0.4) is 0 Å². The van der Waals surface area contributed by atoms with Gasteiger partial charge in [0.05, 0.1) is 10.8 Å². The van der Waals surface area contributed by atoms with Gasteiger partial charge < -0.3 is 10.4 Å². The zero-order valence-corrected chi connectivity index (χ0v) is 10.5. The van der Waals surface area contributed by atoms with Crippen LogP contribution in [0.5, 0.6) is 0 Å². The minimum absolute atomic E-state index is 0.0746. The molecule has 3 unspecified atom stereocenters. The topological polar surface area (TPSA) is 66.4 Å². The van der Waals surface area contributed by atoms with Crippen LogP contribution in [0.25, 0.3) is 0 Å². The molecule has 0 radical (unpaired) electrons. The molecule has 0 spiro atoms. The van der Waals surface area contributed by atoms with Crippen LogP contribution in [0.15, 0.2) is 12.2 Å². The Bertz CT molecular complexity index is 403. The quantitative estimate of drug-likeness (QED) is 0.730. The van der Waals surface area contributed by atoms with Crippen molar-refractivity contribution in [3.8, 4) is 0 Å². The van der Waals surface area contributed by atoms with Crippen LogP contribution in [0.2, 0.25) is 0 Å². The molecule has 0 aliphatic heterocycles. The standard InChI is InChI=1S/C13H19NO3/c1-4-14-10(15)12(3)6-5-9-8(2)13(9,7-12)11(16)17/h5-6,8-9H,4,7H2,1-3H3,(H,14,15)(H,16,17)/t8?,9?,12-,13?/m1/s1. The van der Waals surface area contributed by atoms with Crippen LogP contribution in [0, 0.1) is 22.7 Å². The van der Waals surface area contributed by atoms with Crippen molar-refractivity contribution in [2.24, 2.45) is 22.7 Å². The van der Waals surface area contributed by atoms with Crippen molar-refractivity contribution >= 4 is 11.9 Å². The lowest BCUT2D eigenvalue weighted by molar-refractivity contribution is -0.146. The maximum absolute atomic E-state index is 12.0. The maximum Gasteiger partial charge on any atom is 0.310 e. The minimum Gasteiger partial charge on any atom is -0.481 e. The van der Waals surface area contributed by atoms with Crippen molar-refractivity contribution < 1.29 is 14.7 Å². The molecule has 0 aromatic heterocycles. The second kappa shape index (κ2) is 3.59. The zero-order valence-electron chi connectivity index (χ0n) is 10.5. The van der Waals surface area contributed by atoms with Gasteiger partial charge in [0, 0.05) is 6.54 Å². The van der Waals surface area contributed by atoms with E-state index < -0.39 is 16.8 Å². The van der Waals surface area contributed by atoms with E-state index in [1.807, 2.05) is 32.9 Å². The molecular weight excluding hydrogens is 218 g/mol. The number of carbonyl (C=O) groups is 2. The number of carbonyl (C=O) groups excluding carboxylic acids is 1. The second-order valence-corrected chi connectivity index (χ2v) is 5.47. The van der Waals surface area contributed by atoms with Gasteiger partial charge in [-0.25, -0.2) is 0 Å². The average molecular weight is 237 g/mol. The fourth-order valence-electron chi connectivity index (χ4n) is 3.20. The minimum atomic E-state index is -0.769. The van der Waals surface area contributed by atoms with Gasteiger partial charge in [-0.15, -0.1) is 0 Å². The highest BCUT2D eigenvalue weighted by atomic mass is 16.4. The molecule has 0 saturated heterocycles. The van der Waals surface area contributed by atoms with Crippen LogP contribution in [-0.4, -0.2) is 23.5 Å². The van der Waals surface area contributed by atoms with Crippen molar-refractivity contribution in [3.63, 3.8) is 0 Å². The van der Waals surface area contributed by atoms with E-state index in [0.29, 0.717) is 13.0 Å². The van der Waals surface area contributed by atoms with Gasteiger partial charge in [-0.1, -0.05) is 19.1 Å². The molecule has 17 heavy (non-hydrogen) atoms. The summed E-state index contributed by atoms with van der Waals surface area (Å²) >= 11 is 0. The second-order valence-electron chi connectivity index (χ2n) is 5.47. The van der Waals surface area contributed by atoms with E-state index in [0.717, 1.165) is 0 Å². The molecule has 94 valence electrons. The molecule has 0 heterocycles. The molecule has 0 aromatic carbocycles. The number of rotatable bonds is 3. The molecule has 2 N–H and O–H groups in total. The zero-order chi connectivity index (χ0) is 12.8. The predicted octanol–water partition coefficient (Wildman–Crippen LogP) is 1.43. The number of carboxylic acid groups (broad SMARTS) is 1. The number of hydrogen-bond donors (Lipinski definition) is 2. The van der Waals surface area contributed by atoms with Crippen molar-refractivity contribution in [1.82, 2.24) is 5.32 Å². The monoisotopic (exact) mass is 237 g/mol. The molecule has 0 aromatic rings. The summed E-state index contributed by atoms with van der Waals surface area (Å²) in [5.41, 5.74) is -1.40. The Morgan fingerprint density at radius 1 is 1.53 bits per heavy atom. The Balaban J connectivity index is 2.26. The van der Waals surface area contributed by atoms with Crippen molar-refractivity contribution in [1.29, 1.82) is 0 Å². The summed E-state index contributed by atoms with van der Waals surface area (Å²) in [6, 6.07) is 0. The Labute approximate surface area is 101 Å². The molecule has 1 amide bonds. The van der Waals surface area contributed by atoms with E-state index >= 15 is 0 Å². The van der Waals surface area contributed by atoms with Crippen LogP contribution in [-0.2, 0) is 9.59 Å². The summed E-state index contributed by atoms with van der Waals surface area (Å²) in [6.45, 7) is 6.21. The Morgan fingerprint density at radius 2 is 2.18 bits per heavy atom. The number of nitrogens with one attached hydrogen (secondary N) is 1. The first kappa shape index (κ1) is 12.1. The fraction of sp³-hybridized carbons (Fsp3) is 0.692. The molecule has 4 atom stereocenters. The van der Waals surface area contributed by atoms with Crippen LogP contribution >= 0.6 is 0 Å². The molecule has 0 bridgehead atoms. The maximum atomic E-state index is 12.0. The number of fused-ring (bicyclic) bond motifs is 1. The molecule has 2 rings (SSSR count). The Kier molecular flexibility index (Phi) is 2.56. The van der Waals surface area contributed by atoms with Gasteiger partial charge in [0.15, 0.2) is 0 Å². The molecule has 2 aliphatic rings. The Morgan fingerprint density at radius 3 is 2.71 bits per heavy atom. The van der Waals surface area contributed by atoms with Crippen molar-refractivity contribution in [3.05, 3.63) is 12.2 Å². The van der Waals surface area contributed by atoms with Gasteiger partial charge in [0.2, 0.25) is 5.91 Å². The summed E-state index contributed by atoms with van der Waals surface area (Å²) in [5.74, 6) is -0.612. The van der Waals surface area contributed by atoms with Crippen molar-refractivity contribution in [2.45, 2.75) is 27.2 Å². The smallest absolute Gasteiger partial charge is 0.310 e. The van der Waals surface area contributed by atoms with E-state index in [1.165, 1.54) is 0 Å². The number of carboxylic acids is 1. The molecular formula is C13H19NO3.